The molecular formula is C10H21NO. The first kappa shape index (κ1) is 10.0. The molecule has 1 aliphatic rings. The number of hydrogen-bond acceptors (Lipinski definition) is 2. The lowest BCUT2D eigenvalue weighted by Gasteiger charge is -2.42. The molecular weight excluding hydrogens is 150 g/mol. The summed E-state index contributed by atoms with van der Waals surface area (Å²) in [6.07, 6.45) is 4.73. The van der Waals surface area contributed by atoms with Gasteiger partial charge in [0.25, 0.3) is 0 Å². The summed E-state index contributed by atoms with van der Waals surface area (Å²) in [6, 6.07) is 0.297. The molecule has 2 N–H and O–H groups in total. The van der Waals surface area contributed by atoms with Crippen LogP contribution in [-0.4, -0.2) is 18.8 Å². The van der Waals surface area contributed by atoms with Crippen LogP contribution in [-0.2, 0) is 4.74 Å². The van der Waals surface area contributed by atoms with Crippen molar-refractivity contribution in [1.29, 1.82) is 0 Å². The molecule has 0 aromatic rings. The molecule has 1 saturated carbocycles. The van der Waals surface area contributed by atoms with E-state index in [0.717, 1.165) is 6.42 Å². The van der Waals surface area contributed by atoms with Crippen molar-refractivity contribution >= 4 is 0 Å². The first-order valence-electron chi connectivity index (χ1n) is 4.90. The van der Waals surface area contributed by atoms with E-state index in [1.54, 1.807) is 0 Å². The summed E-state index contributed by atoms with van der Waals surface area (Å²) in [5.74, 6) is 0.567. The van der Waals surface area contributed by atoms with Crippen molar-refractivity contribution in [3.05, 3.63) is 0 Å². The highest BCUT2D eigenvalue weighted by atomic mass is 16.5. The number of nitrogens with two attached hydrogens (primary N) is 1. The van der Waals surface area contributed by atoms with Gasteiger partial charge in [-0.05, 0) is 31.6 Å². The van der Waals surface area contributed by atoms with Crippen molar-refractivity contribution in [3.63, 3.8) is 0 Å². The van der Waals surface area contributed by atoms with Crippen LogP contribution < -0.4 is 5.73 Å². The second kappa shape index (κ2) is 3.75. The summed E-state index contributed by atoms with van der Waals surface area (Å²) >= 11 is 0. The Morgan fingerprint density at radius 3 is 2.25 bits per heavy atom. The van der Waals surface area contributed by atoms with E-state index in [0.29, 0.717) is 12.0 Å². The fraction of sp³-hybridized carbons (Fsp3) is 1.00. The van der Waals surface area contributed by atoms with Crippen LogP contribution in [0.2, 0.25) is 0 Å². The maximum Gasteiger partial charge on any atom is 0.0693 e. The number of methoxy groups -OCH3 is 1. The van der Waals surface area contributed by atoms with Gasteiger partial charge in [0.1, 0.15) is 0 Å². The van der Waals surface area contributed by atoms with E-state index in [1.165, 1.54) is 19.3 Å². The quantitative estimate of drug-likeness (QED) is 0.701. The molecule has 1 aliphatic carbocycles. The maximum atomic E-state index is 6.01. The molecule has 0 saturated heterocycles. The molecule has 2 heteroatoms. The van der Waals surface area contributed by atoms with Crippen LogP contribution in [0.25, 0.3) is 0 Å². The van der Waals surface area contributed by atoms with Crippen molar-refractivity contribution in [2.45, 2.75) is 51.2 Å². The topological polar surface area (TPSA) is 35.2 Å². The standard InChI is InChI=1S/C10H21NO/c1-8(2)9(11)7-10(12-3)5-4-6-10/h8-9H,4-7,11H2,1-3H3. The van der Waals surface area contributed by atoms with Gasteiger partial charge in [-0.15, -0.1) is 0 Å². The first-order chi connectivity index (χ1) is 5.59. The van der Waals surface area contributed by atoms with Crippen LogP contribution in [0.3, 0.4) is 0 Å². The third-order valence-corrected chi connectivity index (χ3v) is 3.16. The molecule has 1 unspecified atom stereocenters. The van der Waals surface area contributed by atoms with E-state index in [2.05, 4.69) is 13.8 Å². The zero-order valence-electron chi connectivity index (χ0n) is 8.47. The smallest absolute Gasteiger partial charge is 0.0693 e. The lowest BCUT2D eigenvalue weighted by molar-refractivity contribution is -0.0836. The molecule has 2 nitrogen and oxygen atoms in total. The molecule has 0 aliphatic heterocycles. The predicted octanol–water partition coefficient (Wildman–Crippen LogP) is 1.93. The molecule has 0 aromatic carbocycles. The number of rotatable bonds is 4. The van der Waals surface area contributed by atoms with Gasteiger partial charge in [-0.1, -0.05) is 13.8 Å². The average molecular weight is 171 g/mol. The van der Waals surface area contributed by atoms with Crippen molar-refractivity contribution < 1.29 is 4.74 Å². The number of ether oxygens (including phenoxy) is 1. The van der Waals surface area contributed by atoms with Crippen LogP contribution in [0.1, 0.15) is 39.5 Å². The van der Waals surface area contributed by atoms with Gasteiger partial charge in [-0.3, -0.25) is 0 Å². The molecule has 0 heterocycles. The van der Waals surface area contributed by atoms with Crippen LogP contribution >= 0.6 is 0 Å². The normalized spacial score (nSPS) is 23.8. The highest BCUT2D eigenvalue weighted by Crippen LogP contribution is 2.39. The third kappa shape index (κ3) is 1.99. The minimum absolute atomic E-state index is 0.143. The van der Waals surface area contributed by atoms with E-state index >= 15 is 0 Å². The molecule has 0 spiro atoms. The van der Waals surface area contributed by atoms with E-state index in [-0.39, 0.29) is 5.60 Å². The van der Waals surface area contributed by atoms with Gasteiger partial charge in [0, 0.05) is 13.2 Å². The average Bonchev–Trinajstić information content (AvgIpc) is 1.96. The Hall–Kier alpha value is -0.0800. The molecule has 0 amide bonds. The first-order valence-corrected chi connectivity index (χ1v) is 4.90. The minimum atomic E-state index is 0.143. The Morgan fingerprint density at radius 1 is 1.42 bits per heavy atom. The van der Waals surface area contributed by atoms with Gasteiger partial charge >= 0.3 is 0 Å². The molecule has 0 radical (unpaired) electrons. The molecule has 0 bridgehead atoms. The maximum absolute atomic E-state index is 6.01. The molecule has 1 rings (SSSR count). The van der Waals surface area contributed by atoms with Gasteiger partial charge in [-0.25, -0.2) is 0 Å². The lowest BCUT2D eigenvalue weighted by atomic mass is 9.74. The van der Waals surface area contributed by atoms with Gasteiger partial charge in [0.05, 0.1) is 5.60 Å². The summed E-state index contributed by atoms with van der Waals surface area (Å²) in [6.45, 7) is 4.35. The second-order valence-electron chi connectivity index (χ2n) is 4.35. The molecule has 12 heavy (non-hydrogen) atoms. The highest BCUT2D eigenvalue weighted by molar-refractivity contribution is 4.92. The Kier molecular flexibility index (Phi) is 3.13. The Labute approximate surface area is 75.5 Å². The van der Waals surface area contributed by atoms with Gasteiger partial charge in [0.15, 0.2) is 0 Å². The van der Waals surface area contributed by atoms with E-state index < -0.39 is 0 Å². The minimum Gasteiger partial charge on any atom is -0.378 e. The monoisotopic (exact) mass is 171 g/mol. The third-order valence-electron chi connectivity index (χ3n) is 3.16. The fourth-order valence-corrected chi connectivity index (χ4v) is 1.73. The van der Waals surface area contributed by atoms with Crippen molar-refractivity contribution in [2.75, 3.05) is 7.11 Å². The fourth-order valence-electron chi connectivity index (χ4n) is 1.73. The molecule has 0 aromatic heterocycles. The van der Waals surface area contributed by atoms with Crippen LogP contribution in [0.15, 0.2) is 0 Å². The Balaban J connectivity index is 2.37. The molecule has 72 valence electrons. The summed E-state index contributed by atoms with van der Waals surface area (Å²) in [7, 11) is 1.81. The van der Waals surface area contributed by atoms with Crippen molar-refractivity contribution in [3.8, 4) is 0 Å². The Morgan fingerprint density at radius 2 is 2.00 bits per heavy atom. The lowest BCUT2D eigenvalue weighted by Crippen LogP contribution is -2.45. The predicted molar refractivity (Wildman–Crippen MR) is 51.0 cm³/mol. The van der Waals surface area contributed by atoms with Gasteiger partial charge in [0.2, 0.25) is 0 Å². The van der Waals surface area contributed by atoms with Crippen molar-refractivity contribution in [2.24, 2.45) is 11.7 Å². The zero-order chi connectivity index (χ0) is 9.19. The van der Waals surface area contributed by atoms with Crippen LogP contribution in [0.5, 0.6) is 0 Å². The van der Waals surface area contributed by atoms with Gasteiger partial charge < -0.3 is 10.5 Å². The van der Waals surface area contributed by atoms with E-state index in [1.807, 2.05) is 7.11 Å². The Bertz CT molecular complexity index is 135. The molecule has 1 fully saturated rings. The van der Waals surface area contributed by atoms with Crippen molar-refractivity contribution in [1.82, 2.24) is 0 Å². The van der Waals surface area contributed by atoms with Gasteiger partial charge in [-0.2, -0.15) is 0 Å². The van der Waals surface area contributed by atoms with Crippen LogP contribution in [0, 0.1) is 5.92 Å². The summed E-state index contributed by atoms with van der Waals surface area (Å²) < 4.78 is 5.51. The van der Waals surface area contributed by atoms with Crippen LogP contribution in [0.4, 0.5) is 0 Å². The van der Waals surface area contributed by atoms with E-state index in [9.17, 15) is 0 Å². The second-order valence-corrected chi connectivity index (χ2v) is 4.35. The SMILES string of the molecule is COC1(CC(N)C(C)C)CCC1. The zero-order valence-corrected chi connectivity index (χ0v) is 8.47. The largest absolute Gasteiger partial charge is 0.378 e. The summed E-state index contributed by atoms with van der Waals surface area (Å²) in [5, 5.41) is 0. The molecule has 1 atom stereocenters. The number of hydrogen-bond donors (Lipinski definition) is 1. The van der Waals surface area contributed by atoms with E-state index in [4.69, 9.17) is 10.5 Å². The summed E-state index contributed by atoms with van der Waals surface area (Å²) in [5.41, 5.74) is 6.15. The summed E-state index contributed by atoms with van der Waals surface area (Å²) in [4.78, 5) is 0. The highest BCUT2D eigenvalue weighted by Gasteiger charge is 2.38.